The van der Waals surface area contributed by atoms with Crippen molar-refractivity contribution in [1.82, 2.24) is 0 Å². The van der Waals surface area contributed by atoms with Gasteiger partial charge in [0.05, 0.1) is 12.7 Å². The van der Waals surface area contributed by atoms with Gasteiger partial charge in [-0.2, -0.15) is 0 Å². The van der Waals surface area contributed by atoms with Crippen molar-refractivity contribution in [2.24, 2.45) is 11.8 Å². The first-order valence-corrected chi connectivity index (χ1v) is 14.5. The van der Waals surface area contributed by atoms with Crippen LogP contribution < -0.4 is 0 Å². The maximum atomic E-state index is 12.4. The van der Waals surface area contributed by atoms with E-state index in [1.165, 1.54) is 11.3 Å². The number of aryl methyl sites for hydroxylation is 2. The minimum Gasteiger partial charge on any atom is -0.459 e. The van der Waals surface area contributed by atoms with E-state index >= 15 is 0 Å². The van der Waals surface area contributed by atoms with Gasteiger partial charge in [0.1, 0.15) is 17.6 Å². The second kappa shape index (κ2) is 12.3. The van der Waals surface area contributed by atoms with Gasteiger partial charge in [0, 0.05) is 20.3 Å². The number of rotatable bonds is 10. The number of aliphatic hydroxyl groups excluding tert-OH is 1. The Morgan fingerprint density at radius 2 is 1.89 bits per heavy atom. The lowest BCUT2D eigenvalue weighted by Gasteiger charge is -2.23. The standard InChI is InChI=1S/C27H33Cl3O5S/c1-27(2)34-15-19(35-27)14-33-26(32)25-9-7-20(36-25)4-3-5-21-22(24(31)13-23(21)30)8-6-16-10-17(28)12-18(29)11-16/h7,9-12,19,21-24,31H,3-6,8,13-15H2,1-2H3/t19-,21-,22-,23+,24-/m1/s1. The van der Waals surface area contributed by atoms with E-state index in [1.807, 2.05) is 38.1 Å². The first-order chi connectivity index (χ1) is 17.1. The Balaban J connectivity index is 1.24. The Bertz CT molecular complexity index is 1020. The summed E-state index contributed by atoms with van der Waals surface area (Å²) in [5, 5.41) is 11.9. The van der Waals surface area contributed by atoms with Crippen LogP contribution in [-0.4, -0.2) is 47.7 Å². The molecular formula is C27H33Cl3O5S. The molecule has 1 aromatic carbocycles. The average molecular weight is 576 g/mol. The molecule has 0 amide bonds. The molecule has 9 heteroatoms. The van der Waals surface area contributed by atoms with E-state index in [9.17, 15) is 9.90 Å². The molecule has 198 valence electrons. The van der Waals surface area contributed by atoms with Crippen LogP contribution in [0.2, 0.25) is 10.0 Å². The molecule has 2 aromatic rings. The fourth-order valence-corrected chi connectivity index (χ4v) is 7.25. The van der Waals surface area contributed by atoms with E-state index in [1.54, 1.807) is 6.07 Å². The number of hydrogen-bond donors (Lipinski definition) is 1. The summed E-state index contributed by atoms with van der Waals surface area (Å²) in [5.74, 6) is -0.572. The van der Waals surface area contributed by atoms with Gasteiger partial charge in [-0.15, -0.1) is 22.9 Å². The fraction of sp³-hybridized carbons (Fsp3) is 0.593. The molecule has 4 rings (SSSR count). The molecule has 0 bridgehead atoms. The van der Waals surface area contributed by atoms with Crippen molar-refractivity contribution in [3.8, 4) is 0 Å². The third-order valence-electron chi connectivity index (χ3n) is 6.96. The smallest absolute Gasteiger partial charge is 0.348 e. The molecular weight excluding hydrogens is 543 g/mol. The Hall–Kier alpha value is -0.860. The summed E-state index contributed by atoms with van der Waals surface area (Å²) in [6, 6.07) is 9.39. The number of carbonyl (C=O) groups is 1. The van der Waals surface area contributed by atoms with Gasteiger partial charge in [0.2, 0.25) is 0 Å². The van der Waals surface area contributed by atoms with Crippen LogP contribution in [0.15, 0.2) is 30.3 Å². The zero-order valence-corrected chi connectivity index (χ0v) is 23.6. The van der Waals surface area contributed by atoms with Crippen LogP contribution in [0.3, 0.4) is 0 Å². The van der Waals surface area contributed by atoms with Crippen LogP contribution in [0.1, 0.15) is 59.6 Å². The van der Waals surface area contributed by atoms with E-state index in [2.05, 4.69) is 0 Å². The fourth-order valence-electron chi connectivity index (χ4n) is 5.24. The molecule has 5 nitrogen and oxygen atoms in total. The summed E-state index contributed by atoms with van der Waals surface area (Å²) in [4.78, 5) is 14.2. The zero-order valence-electron chi connectivity index (χ0n) is 20.6. The summed E-state index contributed by atoms with van der Waals surface area (Å²) in [6.07, 6.45) is 4.36. The van der Waals surface area contributed by atoms with Gasteiger partial charge in [-0.3, -0.25) is 0 Å². The van der Waals surface area contributed by atoms with Gasteiger partial charge >= 0.3 is 5.97 Å². The second-order valence-corrected chi connectivity index (χ2v) is 12.8. The lowest BCUT2D eigenvalue weighted by atomic mass is 9.85. The lowest BCUT2D eigenvalue weighted by molar-refractivity contribution is -0.142. The summed E-state index contributed by atoms with van der Waals surface area (Å²) < 4.78 is 16.6. The Morgan fingerprint density at radius 3 is 2.58 bits per heavy atom. The molecule has 0 unspecified atom stereocenters. The minimum atomic E-state index is -0.632. The van der Waals surface area contributed by atoms with Crippen LogP contribution in [0.5, 0.6) is 0 Å². The van der Waals surface area contributed by atoms with Crippen LogP contribution in [0.4, 0.5) is 0 Å². The largest absolute Gasteiger partial charge is 0.459 e. The molecule has 36 heavy (non-hydrogen) atoms. The monoisotopic (exact) mass is 574 g/mol. The number of aliphatic hydroxyl groups is 1. The van der Waals surface area contributed by atoms with Crippen molar-refractivity contribution < 1.29 is 24.1 Å². The third-order valence-corrected chi connectivity index (χ3v) is 9.02. The maximum Gasteiger partial charge on any atom is 0.348 e. The summed E-state index contributed by atoms with van der Waals surface area (Å²) >= 11 is 20.4. The first-order valence-electron chi connectivity index (χ1n) is 12.4. The van der Waals surface area contributed by atoms with Crippen molar-refractivity contribution >= 4 is 52.1 Å². The molecule has 0 spiro atoms. The van der Waals surface area contributed by atoms with Gasteiger partial charge < -0.3 is 19.3 Å². The van der Waals surface area contributed by atoms with Crippen LogP contribution in [0, 0.1) is 11.8 Å². The number of alkyl halides is 1. The molecule has 2 heterocycles. The molecule has 2 aliphatic rings. The van der Waals surface area contributed by atoms with Gasteiger partial charge in [-0.25, -0.2) is 4.79 Å². The number of benzene rings is 1. The number of halogens is 3. The molecule has 1 saturated heterocycles. The number of hydrogen-bond acceptors (Lipinski definition) is 6. The summed E-state index contributed by atoms with van der Waals surface area (Å²) in [6.45, 7) is 4.29. The molecule has 1 saturated carbocycles. The minimum absolute atomic E-state index is 0.0337. The highest BCUT2D eigenvalue weighted by atomic mass is 35.5. The number of carbonyl (C=O) groups excluding carboxylic acids is 1. The lowest BCUT2D eigenvalue weighted by Crippen LogP contribution is -2.25. The third kappa shape index (κ3) is 7.59. The van der Waals surface area contributed by atoms with Crippen LogP contribution >= 0.6 is 46.1 Å². The van der Waals surface area contributed by atoms with Crippen molar-refractivity contribution in [2.75, 3.05) is 13.2 Å². The van der Waals surface area contributed by atoms with Gasteiger partial charge in [-0.1, -0.05) is 23.2 Å². The molecule has 5 atom stereocenters. The summed E-state index contributed by atoms with van der Waals surface area (Å²) in [7, 11) is 0. The van der Waals surface area contributed by atoms with Gasteiger partial charge in [-0.05, 0) is 100 Å². The molecule has 0 radical (unpaired) electrons. The number of ether oxygens (including phenoxy) is 3. The van der Waals surface area contributed by atoms with Crippen molar-refractivity contribution in [3.63, 3.8) is 0 Å². The van der Waals surface area contributed by atoms with Crippen molar-refractivity contribution in [1.29, 1.82) is 0 Å². The molecule has 1 N–H and O–H groups in total. The van der Waals surface area contributed by atoms with Gasteiger partial charge in [0.25, 0.3) is 0 Å². The van der Waals surface area contributed by atoms with E-state index < -0.39 is 11.9 Å². The number of thiophene rings is 1. The van der Waals surface area contributed by atoms with Crippen LogP contribution in [0.25, 0.3) is 0 Å². The van der Waals surface area contributed by atoms with Gasteiger partial charge in [0.15, 0.2) is 5.79 Å². The van der Waals surface area contributed by atoms with Crippen molar-refractivity contribution in [3.05, 3.63) is 55.7 Å². The predicted octanol–water partition coefficient (Wildman–Crippen LogP) is 6.92. The van der Waals surface area contributed by atoms with E-state index in [0.717, 1.165) is 42.5 Å². The SMILES string of the molecule is CC1(C)OC[C@@H](COC(=O)c2ccc(CCC[C@@H]3[C@@H](CCc4cc(Cl)cc(Cl)c4)[C@H](O)C[C@@H]3Cl)s2)O1. The topological polar surface area (TPSA) is 65.0 Å². The van der Waals surface area contributed by atoms with E-state index in [4.69, 9.17) is 49.0 Å². The number of esters is 1. The second-order valence-electron chi connectivity index (χ2n) is 10.2. The Morgan fingerprint density at radius 1 is 1.14 bits per heavy atom. The Labute approximate surface area is 232 Å². The Kier molecular flexibility index (Phi) is 9.64. The zero-order chi connectivity index (χ0) is 25.9. The van der Waals surface area contributed by atoms with Crippen LogP contribution in [-0.2, 0) is 27.1 Å². The highest BCUT2D eigenvalue weighted by Crippen LogP contribution is 2.42. The normalized spacial score (nSPS) is 27.4. The van der Waals surface area contributed by atoms with E-state index in [-0.39, 0.29) is 35.9 Å². The molecule has 1 aromatic heterocycles. The molecule has 1 aliphatic heterocycles. The first kappa shape index (κ1) is 28.2. The van der Waals surface area contributed by atoms with E-state index in [0.29, 0.717) is 28.0 Å². The highest BCUT2D eigenvalue weighted by Gasteiger charge is 2.40. The highest BCUT2D eigenvalue weighted by molar-refractivity contribution is 7.13. The molecule has 2 fully saturated rings. The quantitative estimate of drug-likeness (QED) is 0.246. The summed E-state index contributed by atoms with van der Waals surface area (Å²) in [5.41, 5.74) is 1.07. The average Bonchev–Trinajstić information content (AvgIpc) is 3.48. The molecule has 1 aliphatic carbocycles. The van der Waals surface area contributed by atoms with Crippen molar-refractivity contribution in [2.45, 2.75) is 75.7 Å². The maximum absolute atomic E-state index is 12.4. The predicted molar refractivity (Wildman–Crippen MR) is 144 cm³/mol.